The minimum Gasteiger partial charge on any atom is -0.318 e. The first-order valence-corrected chi connectivity index (χ1v) is 3.78. The number of ether oxygens (including phenoxy) is 1. The van der Waals surface area contributed by atoms with Crippen molar-refractivity contribution < 1.29 is 35.3 Å². The summed E-state index contributed by atoms with van der Waals surface area (Å²) >= 11 is 0. The van der Waals surface area contributed by atoms with Gasteiger partial charge >= 0.3 is 21.5 Å². The van der Waals surface area contributed by atoms with Gasteiger partial charge in [-0.15, -0.1) is 0 Å². The first-order chi connectivity index (χ1) is 5.06. The summed E-state index contributed by atoms with van der Waals surface area (Å²) in [5.74, 6) is 0. The van der Waals surface area contributed by atoms with Gasteiger partial charge in [0.05, 0.1) is 0 Å². The summed E-state index contributed by atoms with van der Waals surface area (Å²) in [5, 5.41) is -5.64. The summed E-state index contributed by atoms with van der Waals surface area (Å²) in [4.78, 5) is 0. The van der Waals surface area contributed by atoms with E-state index in [1.54, 1.807) is 0 Å². The van der Waals surface area contributed by atoms with E-state index in [9.17, 15) is 26.0 Å². The van der Waals surface area contributed by atoms with Crippen LogP contribution in [0.3, 0.4) is 0 Å². The van der Waals surface area contributed by atoms with E-state index in [0.29, 0.717) is 0 Å². The minimum absolute atomic E-state index is 0.180. The van der Waals surface area contributed by atoms with Crippen LogP contribution in [0.1, 0.15) is 0 Å². The van der Waals surface area contributed by atoms with Gasteiger partial charge < -0.3 is 4.74 Å². The molecule has 0 aromatic carbocycles. The van der Waals surface area contributed by atoms with E-state index < -0.39 is 21.5 Å². The van der Waals surface area contributed by atoms with Gasteiger partial charge in [-0.05, 0) is 0 Å². The Morgan fingerprint density at radius 1 is 1.25 bits per heavy atom. The Bertz CT molecular complexity index is 257. The predicted molar refractivity (Wildman–Crippen MR) is 28.5 cm³/mol. The van der Waals surface area contributed by atoms with Crippen molar-refractivity contribution in [3.63, 3.8) is 0 Å². The van der Waals surface area contributed by atoms with Crippen LogP contribution < -0.4 is 0 Å². The molecule has 0 unspecified atom stereocenters. The summed E-state index contributed by atoms with van der Waals surface area (Å²) in [5.41, 5.74) is 0. The van der Waals surface area contributed by atoms with Crippen molar-refractivity contribution in [2.24, 2.45) is 0 Å². The highest BCUT2D eigenvalue weighted by Gasteiger charge is 2.67. The fraction of sp³-hybridized carbons (Fsp3) is 1.00. The number of halogens is 4. The van der Waals surface area contributed by atoms with Crippen LogP contribution in [-0.4, -0.2) is 31.4 Å². The van der Waals surface area contributed by atoms with Crippen molar-refractivity contribution in [2.75, 3.05) is 7.11 Å². The summed E-state index contributed by atoms with van der Waals surface area (Å²) in [6, 6.07) is 0. The molecule has 0 radical (unpaired) electrons. The van der Waals surface area contributed by atoms with Gasteiger partial charge in [0, 0.05) is 7.11 Å². The van der Waals surface area contributed by atoms with Crippen molar-refractivity contribution in [3.8, 4) is 0 Å². The zero-order chi connectivity index (χ0) is 10.2. The van der Waals surface area contributed by atoms with Gasteiger partial charge in [0.2, 0.25) is 0 Å². The highest BCUT2D eigenvalue weighted by atomic mass is 32.2. The van der Waals surface area contributed by atoms with E-state index in [0.717, 1.165) is 0 Å². The topological polar surface area (TPSA) is 63.6 Å². The lowest BCUT2D eigenvalue weighted by molar-refractivity contribution is -0.306. The lowest BCUT2D eigenvalue weighted by Crippen LogP contribution is -2.47. The molecule has 1 N–H and O–H groups in total. The van der Waals surface area contributed by atoms with Crippen LogP contribution in [0.25, 0.3) is 0 Å². The molecule has 12 heavy (non-hydrogen) atoms. The second-order valence-corrected chi connectivity index (χ2v) is 3.18. The van der Waals surface area contributed by atoms with Gasteiger partial charge in [-0.25, -0.2) is 0 Å². The van der Waals surface area contributed by atoms with E-state index in [2.05, 4.69) is 4.74 Å². The molecule has 0 fully saturated rings. The fourth-order valence-corrected chi connectivity index (χ4v) is 0.653. The zero-order valence-electron chi connectivity index (χ0n) is 5.59. The van der Waals surface area contributed by atoms with E-state index in [4.69, 9.17) is 4.55 Å². The van der Waals surface area contributed by atoms with Gasteiger partial charge in [-0.2, -0.15) is 26.0 Å². The molecule has 0 aliphatic rings. The molecule has 0 saturated carbocycles. The smallest absolute Gasteiger partial charge is 0.318 e. The number of hydrogen-bond acceptors (Lipinski definition) is 3. The lowest BCUT2D eigenvalue weighted by atomic mass is 10.6. The average molecular weight is 212 g/mol. The highest BCUT2D eigenvalue weighted by molar-refractivity contribution is 7.86. The lowest BCUT2D eigenvalue weighted by Gasteiger charge is -2.21. The number of alkyl halides is 4. The molecule has 0 saturated heterocycles. The van der Waals surface area contributed by atoms with Crippen LogP contribution in [-0.2, 0) is 14.9 Å². The molecule has 0 bridgehead atoms. The predicted octanol–water partition coefficient (Wildman–Crippen LogP) is 0.706. The largest absolute Gasteiger partial charge is 0.459 e. The minimum atomic E-state index is -6.18. The molecule has 9 heteroatoms. The zero-order valence-corrected chi connectivity index (χ0v) is 6.41. The number of methoxy groups -OCH3 is 1. The summed E-state index contributed by atoms with van der Waals surface area (Å²) in [6.07, 6.45) is -5.25. The van der Waals surface area contributed by atoms with E-state index in [1.165, 1.54) is 0 Å². The van der Waals surface area contributed by atoms with Crippen LogP contribution in [0.2, 0.25) is 0 Å². The first-order valence-electron chi connectivity index (χ1n) is 2.34. The molecule has 74 valence electrons. The Kier molecular flexibility index (Phi) is 2.72. The van der Waals surface area contributed by atoms with Gasteiger partial charge in [0.15, 0.2) is 0 Å². The van der Waals surface area contributed by atoms with Crippen LogP contribution in [0, 0.1) is 0 Å². The molecular formula is C3H4F4O4S. The average Bonchev–Trinajstić information content (AvgIpc) is 1.85. The molecular weight excluding hydrogens is 208 g/mol. The quantitative estimate of drug-likeness (QED) is 0.552. The molecule has 0 aromatic heterocycles. The maximum absolute atomic E-state index is 12.0. The molecule has 0 heterocycles. The number of rotatable bonds is 3. The molecule has 4 nitrogen and oxygen atoms in total. The maximum atomic E-state index is 12.0. The Morgan fingerprint density at radius 3 is 1.67 bits per heavy atom. The van der Waals surface area contributed by atoms with Crippen LogP contribution >= 0.6 is 0 Å². The van der Waals surface area contributed by atoms with Crippen LogP contribution in [0.4, 0.5) is 17.6 Å². The van der Waals surface area contributed by atoms with Crippen molar-refractivity contribution in [3.05, 3.63) is 0 Å². The van der Waals surface area contributed by atoms with Crippen molar-refractivity contribution in [1.82, 2.24) is 0 Å². The Hall–Kier alpha value is -0.410. The van der Waals surface area contributed by atoms with Crippen LogP contribution in [0.5, 0.6) is 0 Å². The molecule has 0 rings (SSSR count). The third kappa shape index (κ3) is 1.67. The number of hydrogen-bond donors (Lipinski definition) is 1. The summed E-state index contributed by atoms with van der Waals surface area (Å²) < 4.78 is 77.8. The molecule has 0 atom stereocenters. The Balaban J connectivity index is 5.13. The van der Waals surface area contributed by atoms with E-state index in [1.807, 2.05) is 0 Å². The fourth-order valence-electron chi connectivity index (χ4n) is 0.269. The van der Waals surface area contributed by atoms with E-state index >= 15 is 0 Å². The molecule has 0 aromatic rings. The van der Waals surface area contributed by atoms with Gasteiger partial charge in [0.25, 0.3) is 0 Å². The molecule has 0 aliphatic heterocycles. The Morgan fingerprint density at radius 2 is 1.58 bits per heavy atom. The maximum Gasteiger partial charge on any atom is 0.459 e. The third-order valence-electron chi connectivity index (χ3n) is 0.919. The SMILES string of the molecule is COC(F)(F)C(F)(F)S(=O)(=O)O. The molecule has 0 aliphatic carbocycles. The second kappa shape index (κ2) is 2.82. The second-order valence-electron chi connectivity index (χ2n) is 1.71. The van der Waals surface area contributed by atoms with Crippen molar-refractivity contribution >= 4 is 10.1 Å². The van der Waals surface area contributed by atoms with Crippen molar-refractivity contribution in [1.29, 1.82) is 0 Å². The Labute approximate surface area is 64.9 Å². The van der Waals surface area contributed by atoms with Crippen LogP contribution in [0.15, 0.2) is 0 Å². The van der Waals surface area contributed by atoms with Gasteiger partial charge in [0.1, 0.15) is 0 Å². The first kappa shape index (κ1) is 11.6. The van der Waals surface area contributed by atoms with Crippen molar-refractivity contribution in [2.45, 2.75) is 11.4 Å². The van der Waals surface area contributed by atoms with Gasteiger partial charge in [-0.3, -0.25) is 4.55 Å². The third-order valence-corrected chi connectivity index (χ3v) is 1.80. The molecule has 0 amide bonds. The summed E-state index contributed by atoms with van der Waals surface area (Å²) in [6.45, 7) is 0. The highest BCUT2D eigenvalue weighted by Crippen LogP contribution is 2.38. The normalized spacial score (nSPS) is 14.8. The summed E-state index contributed by atoms with van der Waals surface area (Å²) in [7, 11) is -6.00. The molecule has 0 spiro atoms. The van der Waals surface area contributed by atoms with E-state index in [-0.39, 0.29) is 7.11 Å². The van der Waals surface area contributed by atoms with Gasteiger partial charge in [-0.1, -0.05) is 0 Å². The standard InChI is InChI=1S/C3H4F4O4S/c1-11-2(4,5)3(6,7)12(8,9)10/h1H3,(H,8,9,10). The monoisotopic (exact) mass is 212 g/mol.